The van der Waals surface area contributed by atoms with E-state index in [0.29, 0.717) is 36.2 Å². The Bertz CT molecular complexity index is 701. The van der Waals surface area contributed by atoms with Gasteiger partial charge in [-0.1, -0.05) is 23.7 Å². The second kappa shape index (κ2) is 8.57. The van der Waals surface area contributed by atoms with Gasteiger partial charge in [0, 0.05) is 29.7 Å². The quantitative estimate of drug-likeness (QED) is 0.760. The van der Waals surface area contributed by atoms with Crippen LogP contribution in [0.1, 0.15) is 28.4 Å². The van der Waals surface area contributed by atoms with Crippen LogP contribution in [0.3, 0.4) is 0 Å². The highest BCUT2D eigenvalue weighted by Crippen LogP contribution is 2.34. The summed E-state index contributed by atoms with van der Waals surface area (Å²) in [5.74, 6) is 0.354. The van der Waals surface area contributed by atoms with Crippen molar-refractivity contribution in [2.75, 3.05) is 13.7 Å². The highest BCUT2D eigenvalue weighted by molar-refractivity contribution is 6.30. The third kappa shape index (κ3) is 4.63. The largest absolute Gasteiger partial charge is 0.493 e. The fourth-order valence-corrected chi connectivity index (χ4v) is 2.55. The molecular formula is C18H20ClNO4. The SMILES string of the molecule is CCOc1c(CNCc2ccc(C(=O)O)cc2)cc(Cl)cc1OC. The van der Waals surface area contributed by atoms with Crippen molar-refractivity contribution in [2.45, 2.75) is 20.0 Å². The first-order chi connectivity index (χ1) is 11.5. The summed E-state index contributed by atoms with van der Waals surface area (Å²) >= 11 is 6.12. The van der Waals surface area contributed by atoms with Crippen molar-refractivity contribution in [3.05, 3.63) is 58.1 Å². The van der Waals surface area contributed by atoms with Crippen LogP contribution >= 0.6 is 11.6 Å². The monoisotopic (exact) mass is 349 g/mol. The Morgan fingerprint density at radius 3 is 2.50 bits per heavy atom. The molecule has 0 unspecified atom stereocenters. The number of hydrogen-bond donors (Lipinski definition) is 2. The van der Waals surface area contributed by atoms with E-state index in [1.165, 1.54) is 0 Å². The minimum atomic E-state index is -0.929. The first kappa shape index (κ1) is 18.1. The predicted octanol–water partition coefficient (Wildman–Crippen LogP) is 3.74. The fourth-order valence-electron chi connectivity index (χ4n) is 2.32. The zero-order chi connectivity index (χ0) is 17.5. The molecule has 0 aliphatic heterocycles. The predicted molar refractivity (Wildman–Crippen MR) is 93.1 cm³/mol. The van der Waals surface area contributed by atoms with Gasteiger partial charge in [-0.2, -0.15) is 0 Å². The Hall–Kier alpha value is -2.24. The van der Waals surface area contributed by atoms with Crippen molar-refractivity contribution in [1.29, 1.82) is 0 Å². The molecule has 0 spiro atoms. The Kier molecular flexibility index (Phi) is 6.46. The number of ether oxygens (including phenoxy) is 2. The van der Waals surface area contributed by atoms with Crippen LogP contribution in [-0.4, -0.2) is 24.8 Å². The van der Waals surface area contributed by atoms with Gasteiger partial charge in [0.15, 0.2) is 11.5 Å². The minimum absolute atomic E-state index is 0.275. The molecular weight excluding hydrogens is 330 g/mol. The molecule has 0 saturated carbocycles. The van der Waals surface area contributed by atoms with E-state index in [4.69, 9.17) is 26.2 Å². The third-order valence-electron chi connectivity index (χ3n) is 3.45. The summed E-state index contributed by atoms with van der Waals surface area (Å²) in [6, 6.07) is 10.3. The first-order valence-electron chi connectivity index (χ1n) is 7.57. The Labute approximate surface area is 146 Å². The molecule has 0 radical (unpaired) electrons. The van der Waals surface area contributed by atoms with Crippen LogP contribution in [0.4, 0.5) is 0 Å². The average molecular weight is 350 g/mol. The summed E-state index contributed by atoms with van der Waals surface area (Å²) in [6.07, 6.45) is 0. The van der Waals surface area contributed by atoms with Gasteiger partial charge >= 0.3 is 5.97 Å². The number of aromatic carboxylic acids is 1. The van der Waals surface area contributed by atoms with Crippen LogP contribution in [0.15, 0.2) is 36.4 Å². The molecule has 0 saturated heterocycles. The molecule has 0 fully saturated rings. The lowest BCUT2D eigenvalue weighted by Crippen LogP contribution is -2.14. The van der Waals surface area contributed by atoms with E-state index in [2.05, 4.69) is 5.32 Å². The molecule has 0 bridgehead atoms. The summed E-state index contributed by atoms with van der Waals surface area (Å²) in [7, 11) is 1.58. The molecule has 6 heteroatoms. The Morgan fingerprint density at radius 1 is 1.21 bits per heavy atom. The standard InChI is InChI=1S/C18H20ClNO4/c1-3-24-17-14(8-15(19)9-16(17)23-2)11-20-10-12-4-6-13(7-5-12)18(21)22/h4-9,20H,3,10-11H2,1-2H3,(H,21,22). The highest BCUT2D eigenvalue weighted by Gasteiger charge is 2.12. The lowest BCUT2D eigenvalue weighted by molar-refractivity contribution is 0.0697. The molecule has 5 nitrogen and oxygen atoms in total. The molecule has 0 heterocycles. The third-order valence-corrected chi connectivity index (χ3v) is 3.67. The summed E-state index contributed by atoms with van der Waals surface area (Å²) in [6.45, 7) is 3.59. The van der Waals surface area contributed by atoms with Gasteiger partial charge in [0.05, 0.1) is 19.3 Å². The summed E-state index contributed by atoms with van der Waals surface area (Å²) < 4.78 is 11.0. The Morgan fingerprint density at radius 2 is 1.92 bits per heavy atom. The van der Waals surface area contributed by atoms with E-state index in [1.807, 2.05) is 13.0 Å². The number of rotatable bonds is 8. The number of nitrogens with one attached hydrogen (secondary N) is 1. The molecule has 2 aromatic carbocycles. The number of carboxylic acids is 1. The number of carboxylic acid groups (broad SMARTS) is 1. The molecule has 24 heavy (non-hydrogen) atoms. The number of hydrogen-bond acceptors (Lipinski definition) is 4. The summed E-state index contributed by atoms with van der Waals surface area (Å²) in [4.78, 5) is 10.8. The van der Waals surface area contributed by atoms with Gasteiger partial charge in [-0.25, -0.2) is 4.79 Å². The zero-order valence-electron chi connectivity index (χ0n) is 13.6. The fraction of sp³-hybridized carbons (Fsp3) is 0.278. The second-order valence-corrected chi connectivity index (χ2v) is 5.57. The van der Waals surface area contributed by atoms with Gasteiger partial charge in [0.25, 0.3) is 0 Å². The van der Waals surface area contributed by atoms with E-state index in [-0.39, 0.29) is 5.56 Å². The zero-order valence-corrected chi connectivity index (χ0v) is 14.4. The molecule has 0 aliphatic carbocycles. The maximum Gasteiger partial charge on any atom is 0.335 e. The van der Waals surface area contributed by atoms with Crippen LogP contribution < -0.4 is 14.8 Å². The number of methoxy groups -OCH3 is 1. The second-order valence-electron chi connectivity index (χ2n) is 5.13. The molecule has 0 amide bonds. The van der Waals surface area contributed by atoms with Gasteiger partial charge in [0.2, 0.25) is 0 Å². The molecule has 2 aromatic rings. The van der Waals surface area contributed by atoms with Crippen molar-refractivity contribution >= 4 is 17.6 Å². The number of benzene rings is 2. The maximum absolute atomic E-state index is 10.8. The molecule has 0 aliphatic rings. The van der Waals surface area contributed by atoms with E-state index >= 15 is 0 Å². The van der Waals surface area contributed by atoms with Crippen LogP contribution in [0.25, 0.3) is 0 Å². The molecule has 128 valence electrons. The summed E-state index contributed by atoms with van der Waals surface area (Å²) in [5.41, 5.74) is 2.17. The molecule has 0 atom stereocenters. The average Bonchev–Trinajstić information content (AvgIpc) is 2.57. The van der Waals surface area contributed by atoms with Crippen molar-refractivity contribution in [3.8, 4) is 11.5 Å². The number of halogens is 1. The first-order valence-corrected chi connectivity index (χ1v) is 7.95. The van der Waals surface area contributed by atoms with Gasteiger partial charge in [-0.15, -0.1) is 0 Å². The van der Waals surface area contributed by atoms with Gasteiger partial charge in [-0.3, -0.25) is 0 Å². The molecule has 2 N–H and O–H groups in total. The van der Waals surface area contributed by atoms with Crippen LogP contribution in [0.2, 0.25) is 5.02 Å². The lowest BCUT2D eigenvalue weighted by Gasteiger charge is -2.15. The molecule has 0 aromatic heterocycles. The van der Waals surface area contributed by atoms with E-state index < -0.39 is 5.97 Å². The topological polar surface area (TPSA) is 67.8 Å². The highest BCUT2D eigenvalue weighted by atomic mass is 35.5. The van der Waals surface area contributed by atoms with Crippen molar-refractivity contribution in [2.24, 2.45) is 0 Å². The maximum atomic E-state index is 10.8. The van der Waals surface area contributed by atoms with Crippen LogP contribution in [0.5, 0.6) is 11.5 Å². The summed E-state index contributed by atoms with van der Waals surface area (Å²) in [5, 5.41) is 12.8. The Balaban J connectivity index is 2.05. The van der Waals surface area contributed by atoms with Crippen LogP contribution in [-0.2, 0) is 13.1 Å². The van der Waals surface area contributed by atoms with E-state index in [9.17, 15) is 4.79 Å². The minimum Gasteiger partial charge on any atom is -0.493 e. The smallest absolute Gasteiger partial charge is 0.335 e. The van der Waals surface area contributed by atoms with Gasteiger partial charge < -0.3 is 19.9 Å². The van der Waals surface area contributed by atoms with Gasteiger partial charge in [-0.05, 0) is 30.7 Å². The van der Waals surface area contributed by atoms with Crippen molar-refractivity contribution in [1.82, 2.24) is 5.32 Å². The van der Waals surface area contributed by atoms with E-state index in [0.717, 1.165) is 11.1 Å². The van der Waals surface area contributed by atoms with Gasteiger partial charge in [0.1, 0.15) is 0 Å². The van der Waals surface area contributed by atoms with Crippen molar-refractivity contribution < 1.29 is 19.4 Å². The normalized spacial score (nSPS) is 10.5. The lowest BCUT2D eigenvalue weighted by atomic mass is 10.1. The van der Waals surface area contributed by atoms with Crippen molar-refractivity contribution in [3.63, 3.8) is 0 Å². The number of carbonyl (C=O) groups is 1. The molecule has 2 rings (SSSR count). The van der Waals surface area contributed by atoms with Crippen LogP contribution in [0, 0.1) is 0 Å². The van der Waals surface area contributed by atoms with E-state index in [1.54, 1.807) is 37.4 Å².